The first-order valence-electron chi connectivity index (χ1n) is 5.83. The third-order valence-electron chi connectivity index (χ3n) is 2.39. The topological polar surface area (TPSA) is 21.3 Å². The Bertz CT molecular complexity index is 315. The molecule has 1 aromatic rings. The van der Waals surface area contributed by atoms with Crippen LogP contribution in [-0.4, -0.2) is 19.7 Å². The van der Waals surface area contributed by atoms with E-state index in [9.17, 15) is 4.39 Å². The molecule has 0 radical (unpaired) electrons. The predicted molar refractivity (Wildman–Crippen MR) is 64.4 cm³/mol. The van der Waals surface area contributed by atoms with E-state index in [0.717, 1.165) is 18.7 Å². The molecule has 0 bridgehead atoms. The summed E-state index contributed by atoms with van der Waals surface area (Å²) in [6, 6.07) is 4.61. The van der Waals surface area contributed by atoms with Crippen LogP contribution >= 0.6 is 0 Å². The van der Waals surface area contributed by atoms with Crippen molar-refractivity contribution in [1.29, 1.82) is 0 Å². The summed E-state index contributed by atoms with van der Waals surface area (Å²) in [5, 5.41) is 3.27. The fraction of sp³-hybridized carbons (Fsp3) is 0.538. The van der Waals surface area contributed by atoms with Crippen LogP contribution in [0.1, 0.15) is 25.3 Å². The molecule has 0 saturated carbocycles. The SMILES string of the molecule is CCCCNCCOc1cc(F)ccc1C. The Morgan fingerprint density at radius 2 is 2.12 bits per heavy atom. The van der Waals surface area contributed by atoms with Crippen molar-refractivity contribution >= 4 is 0 Å². The molecule has 90 valence electrons. The molecule has 0 spiro atoms. The third kappa shape index (κ3) is 4.62. The monoisotopic (exact) mass is 225 g/mol. The van der Waals surface area contributed by atoms with E-state index in [1.807, 2.05) is 6.92 Å². The number of aryl methyl sites for hydroxylation is 1. The summed E-state index contributed by atoms with van der Waals surface area (Å²) in [7, 11) is 0. The minimum atomic E-state index is -0.250. The Labute approximate surface area is 96.8 Å². The summed E-state index contributed by atoms with van der Waals surface area (Å²) < 4.78 is 18.4. The molecular weight excluding hydrogens is 205 g/mol. The molecule has 0 aliphatic heterocycles. The molecule has 1 rings (SSSR count). The van der Waals surface area contributed by atoms with Crippen molar-refractivity contribution in [2.45, 2.75) is 26.7 Å². The second-order valence-corrected chi connectivity index (χ2v) is 3.86. The van der Waals surface area contributed by atoms with E-state index in [4.69, 9.17) is 4.74 Å². The normalized spacial score (nSPS) is 10.4. The zero-order valence-corrected chi connectivity index (χ0v) is 10.1. The van der Waals surface area contributed by atoms with Crippen molar-refractivity contribution in [3.05, 3.63) is 29.6 Å². The number of nitrogens with one attached hydrogen (secondary N) is 1. The van der Waals surface area contributed by atoms with Gasteiger partial charge in [0.05, 0.1) is 0 Å². The second-order valence-electron chi connectivity index (χ2n) is 3.86. The summed E-state index contributed by atoms with van der Waals surface area (Å²) in [5.41, 5.74) is 0.968. The van der Waals surface area contributed by atoms with E-state index in [1.54, 1.807) is 6.07 Å². The summed E-state index contributed by atoms with van der Waals surface area (Å²) in [6.45, 7) is 6.47. The molecular formula is C13H20FNO. The lowest BCUT2D eigenvalue weighted by molar-refractivity contribution is 0.310. The number of hydrogen-bond acceptors (Lipinski definition) is 2. The molecule has 1 aromatic carbocycles. The van der Waals surface area contributed by atoms with Crippen LogP contribution in [0.4, 0.5) is 4.39 Å². The molecule has 0 aliphatic rings. The fourth-order valence-corrected chi connectivity index (χ4v) is 1.39. The van der Waals surface area contributed by atoms with Crippen LogP contribution in [0.3, 0.4) is 0 Å². The van der Waals surface area contributed by atoms with Gasteiger partial charge >= 0.3 is 0 Å². The van der Waals surface area contributed by atoms with Crippen LogP contribution in [-0.2, 0) is 0 Å². The van der Waals surface area contributed by atoms with Gasteiger partial charge in [-0.15, -0.1) is 0 Å². The van der Waals surface area contributed by atoms with Crippen LogP contribution in [0.15, 0.2) is 18.2 Å². The number of unbranched alkanes of at least 4 members (excludes halogenated alkanes) is 1. The molecule has 2 nitrogen and oxygen atoms in total. The van der Waals surface area contributed by atoms with Crippen molar-refractivity contribution in [2.24, 2.45) is 0 Å². The number of hydrogen-bond donors (Lipinski definition) is 1. The predicted octanol–water partition coefficient (Wildman–Crippen LogP) is 2.90. The van der Waals surface area contributed by atoms with E-state index in [1.165, 1.54) is 25.0 Å². The Morgan fingerprint density at radius 3 is 2.88 bits per heavy atom. The zero-order chi connectivity index (χ0) is 11.8. The van der Waals surface area contributed by atoms with Gasteiger partial charge in [-0.2, -0.15) is 0 Å². The molecule has 0 aromatic heterocycles. The quantitative estimate of drug-likeness (QED) is 0.720. The highest BCUT2D eigenvalue weighted by molar-refractivity contribution is 5.32. The Kier molecular flexibility index (Phi) is 5.86. The number of benzene rings is 1. The smallest absolute Gasteiger partial charge is 0.126 e. The summed E-state index contributed by atoms with van der Waals surface area (Å²) in [4.78, 5) is 0. The molecule has 0 fully saturated rings. The first-order valence-corrected chi connectivity index (χ1v) is 5.83. The van der Waals surface area contributed by atoms with Gasteiger partial charge in [-0.25, -0.2) is 4.39 Å². The van der Waals surface area contributed by atoms with Gasteiger partial charge in [0.15, 0.2) is 0 Å². The molecule has 16 heavy (non-hydrogen) atoms. The van der Waals surface area contributed by atoms with Gasteiger partial charge in [0.25, 0.3) is 0 Å². The molecule has 0 heterocycles. The number of ether oxygens (including phenoxy) is 1. The summed E-state index contributed by atoms with van der Waals surface area (Å²) >= 11 is 0. The lowest BCUT2D eigenvalue weighted by Gasteiger charge is -2.09. The van der Waals surface area contributed by atoms with E-state index in [-0.39, 0.29) is 5.82 Å². The van der Waals surface area contributed by atoms with Crippen molar-refractivity contribution in [3.63, 3.8) is 0 Å². The van der Waals surface area contributed by atoms with Gasteiger partial charge < -0.3 is 10.1 Å². The van der Waals surface area contributed by atoms with E-state index >= 15 is 0 Å². The van der Waals surface area contributed by atoms with Crippen LogP contribution in [0.25, 0.3) is 0 Å². The number of rotatable bonds is 7. The van der Waals surface area contributed by atoms with Crippen molar-refractivity contribution in [2.75, 3.05) is 19.7 Å². The largest absolute Gasteiger partial charge is 0.492 e. The lowest BCUT2D eigenvalue weighted by atomic mass is 10.2. The molecule has 1 N–H and O–H groups in total. The molecule has 0 amide bonds. The standard InChI is InChI=1S/C13H20FNO/c1-3-4-7-15-8-9-16-13-10-12(14)6-5-11(13)2/h5-6,10,15H,3-4,7-9H2,1-2H3. The zero-order valence-electron chi connectivity index (χ0n) is 10.1. The van der Waals surface area contributed by atoms with Crippen LogP contribution in [0.5, 0.6) is 5.75 Å². The summed E-state index contributed by atoms with van der Waals surface area (Å²) in [6.07, 6.45) is 2.37. The van der Waals surface area contributed by atoms with Crippen molar-refractivity contribution < 1.29 is 9.13 Å². The van der Waals surface area contributed by atoms with Crippen molar-refractivity contribution in [1.82, 2.24) is 5.32 Å². The summed E-state index contributed by atoms with van der Waals surface area (Å²) in [5.74, 6) is 0.386. The van der Waals surface area contributed by atoms with Gasteiger partial charge in [-0.3, -0.25) is 0 Å². The van der Waals surface area contributed by atoms with E-state index in [0.29, 0.717) is 12.4 Å². The maximum atomic E-state index is 12.9. The minimum absolute atomic E-state index is 0.250. The lowest BCUT2D eigenvalue weighted by Crippen LogP contribution is -2.22. The average Bonchev–Trinajstić information content (AvgIpc) is 2.28. The maximum absolute atomic E-state index is 12.9. The highest BCUT2D eigenvalue weighted by Gasteiger charge is 2.00. The number of halogens is 1. The first-order chi connectivity index (χ1) is 7.74. The van der Waals surface area contributed by atoms with Crippen LogP contribution < -0.4 is 10.1 Å². The van der Waals surface area contributed by atoms with Gasteiger partial charge in [0.2, 0.25) is 0 Å². The second kappa shape index (κ2) is 7.23. The van der Waals surface area contributed by atoms with Crippen LogP contribution in [0.2, 0.25) is 0 Å². The Morgan fingerprint density at radius 1 is 1.31 bits per heavy atom. The third-order valence-corrected chi connectivity index (χ3v) is 2.39. The average molecular weight is 225 g/mol. The Hall–Kier alpha value is -1.09. The molecule has 3 heteroatoms. The molecule has 0 atom stereocenters. The van der Waals surface area contributed by atoms with Crippen LogP contribution in [0, 0.1) is 12.7 Å². The first kappa shape index (κ1) is 13.0. The van der Waals surface area contributed by atoms with Gasteiger partial charge in [0.1, 0.15) is 18.2 Å². The molecule has 0 unspecified atom stereocenters. The van der Waals surface area contributed by atoms with Crippen molar-refractivity contribution in [3.8, 4) is 5.75 Å². The molecule has 0 aliphatic carbocycles. The van der Waals surface area contributed by atoms with E-state index < -0.39 is 0 Å². The minimum Gasteiger partial charge on any atom is -0.492 e. The Balaban J connectivity index is 2.23. The van der Waals surface area contributed by atoms with E-state index in [2.05, 4.69) is 12.2 Å². The highest BCUT2D eigenvalue weighted by atomic mass is 19.1. The van der Waals surface area contributed by atoms with Gasteiger partial charge in [0, 0.05) is 12.6 Å². The fourth-order valence-electron chi connectivity index (χ4n) is 1.39. The van der Waals surface area contributed by atoms with Gasteiger partial charge in [-0.05, 0) is 31.5 Å². The highest BCUT2D eigenvalue weighted by Crippen LogP contribution is 2.18. The van der Waals surface area contributed by atoms with Gasteiger partial charge in [-0.1, -0.05) is 19.4 Å². The maximum Gasteiger partial charge on any atom is 0.126 e. The molecule has 0 saturated heterocycles.